The lowest BCUT2D eigenvalue weighted by atomic mass is 9.90. The van der Waals surface area contributed by atoms with E-state index in [2.05, 4.69) is 40.6 Å². The fourth-order valence-corrected chi connectivity index (χ4v) is 4.26. The number of halogens is 1. The van der Waals surface area contributed by atoms with Crippen molar-refractivity contribution in [3.05, 3.63) is 71.0 Å². The molecule has 0 aromatic heterocycles. The van der Waals surface area contributed by atoms with Crippen LogP contribution in [-0.4, -0.2) is 31.1 Å². The minimum atomic E-state index is -0.143. The fraction of sp³-hybridized carbons (Fsp3) is 0.417. The molecule has 0 aliphatic carbocycles. The first-order chi connectivity index (χ1) is 13.3. The normalized spacial score (nSPS) is 18.4. The summed E-state index contributed by atoms with van der Waals surface area (Å²) in [6.07, 6.45) is 10.5. The number of likely N-dealkylation sites (tertiary alicyclic amines) is 1. The van der Waals surface area contributed by atoms with Gasteiger partial charge in [-0.1, -0.05) is 30.4 Å². The molecule has 3 heteroatoms. The second kappa shape index (κ2) is 8.71. The highest BCUT2D eigenvalue weighted by Gasteiger charge is 2.18. The van der Waals surface area contributed by atoms with Gasteiger partial charge >= 0.3 is 0 Å². The Balaban J connectivity index is 1.23. The van der Waals surface area contributed by atoms with Gasteiger partial charge in [0.15, 0.2) is 0 Å². The van der Waals surface area contributed by atoms with E-state index in [9.17, 15) is 4.39 Å². The van der Waals surface area contributed by atoms with Gasteiger partial charge in [-0.15, -0.1) is 0 Å². The lowest BCUT2D eigenvalue weighted by Gasteiger charge is -2.31. The first kappa shape index (κ1) is 18.2. The first-order valence-electron chi connectivity index (χ1n) is 10.3. The summed E-state index contributed by atoms with van der Waals surface area (Å²) in [6.45, 7) is 4.44. The molecule has 2 aliphatic rings. The van der Waals surface area contributed by atoms with E-state index in [1.807, 2.05) is 12.1 Å². The Bertz CT molecular complexity index is 773. The van der Waals surface area contributed by atoms with Gasteiger partial charge in [0.05, 0.1) is 0 Å². The van der Waals surface area contributed by atoms with Gasteiger partial charge in [0.2, 0.25) is 0 Å². The van der Waals surface area contributed by atoms with Crippen molar-refractivity contribution in [2.24, 2.45) is 5.92 Å². The second-order valence-electron chi connectivity index (χ2n) is 7.92. The highest BCUT2D eigenvalue weighted by atomic mass is 19.1. The van der Waals surface area contributed by atoms with Crippen molar-refractivity contribution in [1.29, 1.82) is 0 Å². The standard InChI is InChI=1S/C24H29FN2/c25-23-8-5-20(6-9-23)17-21-11-15-27(16-12-21)14-2-3-19-7-10-24-22(18-19)4-1-13-26-24/h2-3,5-10,18,21,26H,1,4,11-17H2. The van der Waals surface area contributed by atoms with Gasteiger partial charge in [-0.25, -0.2) is 4.39 Å². The minimum absolute atomic E-state index is 0.143. The van der Waals surface area contributed by atoms with Gasteiger partial charge in [-0.05, 0) is 92.1 Å². The quantitative estimate of drug-likeness (QED) is 0.789. The van der Waals surface area contributed by atoms with E-state index >= 15 is 0 Å². The van der Waals surface area contributed by atoms with Crippen molar-refractivity contribution >= 4 is 11.8 Å². The van der Waals surface area contributed by atoms with Crippen LogP contribution in [0.2, 0.25) is 0 Å². The van der Waals surface area contributed by atoms with Gasteiger partial charge in [0.25, 0.3) is 0 Å². The Kier molecular flexibility index (Phi) is 5.88. The number of nitrogens with one attached hydrogen (secondary N) is 1. The number of rotatable bonds is 5. The number of piperidine rings is 1. The molecule has 2 heterocycles. The number of anilines is 1. The molecule has 2 aliphatic heterocycles. The van der Waals surface area contributed by atoms with Crippen LogP contribution in [0.25, 0.3) is 6.08 Å². The predicted molar refractivity (Wildman–Crippen MR) is 112 cm³/mol. The fourth-order valence-electron chi connectivity index (χ4n) is 4.26. The molecule has 4 rings (SSSR count). The molecule has 1 fully saturated rings. The van der Waals surface area contributed by atoms with Crippen molar-refractivity contribution < 1.29 is 4.39 Å². The molecule has 0 unspecified atom stereocenters. The summed E-state index contributed by atoms with van der Waals surface area (Å²) in [6, 6.07) is 13.8. The summed E-state index contributed by atoms with van der Waals surface area (Å²) in [5, 5.41) is 3.47. The van der Waals surface area contributed by atoms with Crippen LogP contribution in [0, 0.1) is 11.7 Å². The molecule has 0 amide bonds. The lowest BCUT2D eigenvalue weighted by Crippen LogP contribution is -2.34. The third kappa shape index (κ3) is 4.98. The SMILES string of the molecule is Fc1ccc(CC2CCN(CC=Cc3ccc4c(c3)CCCN4)CC2)cc1. The zero-order valence-corrected chi connectivity index (χ0v) is 16.0. The Morgan fingerprint density at radius 1 is 1.07 bits per heavy atom. The van der Waals surface area contributed by atoms with Crippen LogP contribution >= 0.6 is 0 Å². The molecule has 2 aromatic rings. The molecular weight excluding hydrogens is 335 g/mol. The molecule has 0 atom stereocenters. The molecule has 2 aromatic carbocycles. The van der Waals surface area contributed by atoms with Crippen molar-refractivity contribution in [1.82, 2.24) is 4.90 Å². The van der Waals surface area contributed by atoms with Crippen LogP contribution < -0.4 is 5.32 Å². The van der Waals surface area contributed by atoms with E-state index in [0.29, 0.717) is 0 Å². The summed E-state index contributed by atoms with van der Waals surface area (Å²) in [5.74, 6) is 0.583. The number of hydrogen-bond acceptors (Lipinski definition) is 2. The van der Waals surface area contributed by atoms with Crippen molar-refractivity contribution in [3.63, 3.8) is 0 Å². The van der Waals surface area contributed by atoms with Crippen molar-refractivity contribution in [3.8, 4) is 0 Å². The molecule has 1 saturated heterocycles. The van der Waals surface area contributed by atoms with Crippen molar-refractivity contribution in [2.45, 2.75) is 32.1 Å². The van der Waals surface area contributed by atoms with E-state index < -0.39 is 0 Å². The number of aryl methyl sites for hydroxylation is 1. The molecule has 1 N–H and O–H groups in total. The van der Waals surface area contributed by atoms with Crippen LogP contribution in [0.3, 0.4) is 0 Å². The number of fused-ring (bicyclic) bond motifs is 1. The highest BCUT2D eigenvalue weighted by molar-refractivity contribution is 5.60. The molecular formula is C24H29FN2. The Hall–Kier alpha value is -2.13. The molecule has 142 valence electrons. The lowest BCUT2D eigenvalue weighted by molar-refractivity contribution is 0.200. The Morgan fingerprint density at radius 3 is 2.70 bits per heavy atom. The van der Waals surface area contributed by atoms with E-state index in [4.69, 9.17) is 0 Å². The average molecular weight is 365 g/mol. The van der Waals surface area contributed by atoms with E-state index in [1.165, 1.54) is 48.1 Å². The Morgan fingerprint density at radius 2 is 1.89 bits per heavy atom. The van der Waals surface area contributed by atoms with Crippen LogP contribution in [0.5, 0.6) is 0 Å². The zero-order valence-electron chi connectivity index (χ0n) is 16.0. The molecule has 0 saturated carbocycles. The highest BCUT2D eigenvalue weighted by Crippen LogP contribution is 2.24. The van der Waals surface area contributed by atoms with E-state index in [-0.39, 0.29) is 5.82 Å². The maximum absolute atomic E-state index is 13.0. The summed E-state index contributed by atoms with van der Waals surface area (Å²) >= 11 is 0. The molecule has 0 spiro atoms. The van der Waals surface area contributed by atoms with Gasteiger partial charge in [0.1, 0.15) is 5.82 Å². The summed E-state index contributed by atoms with van der Waals surface area (Å²) in [4.78, 5) is 2.54. The van der Waals surface area contributed by atoms with Crippen LogP contribution in [0.4, 0.5) is 10.1 Å². The summed E-state index contributed by atoms with van der Waals surface area (Å²) < 4.78 is 13.0. The van der Waals surface area contributed by atoms with Gasteiger partial charge in [-0.3, -0.25) is 4.90 Å². The van der Waals surface area contributed by atoms with Gasteiger partial charge < -0.3 is 5.32 Å². The van der Waals surface area contributed by atoms with Gasteiger partial charge in [0, 0.05) is 18.8 Å². The first-order valence-corrected chi connectivity index (χ1v) is 10.3. The summed E-state index contributed by atoms with van der Waals surface area (Å²) in [5.41, 5.74) is 5.33. The zero-order chi connectivity index (χ0) is 18.5. The maximum atomic E-state index is 13.0. The molecule has 2 nitrogen and oxygen atoms in total. The average Bonchev–Trinajstić information content (AvgIpc) is 2.71. The smallest absolute Gasteiger partial charge is 0.123 e. The minimum Gasteiger partial charge on any atom is -0.385 e. The molecule has 27 heavy (non-hydrogen) atoms. The number of hydrogen-bond donors (Lipinski definition) is 1. The van der Waals surface area contributed by atoms with Crippen molar-refractivity contribution in [2.75, 3.05) is 31.5 Å². The molecule has 0 bridgehead atoms. The second-order valence-corrected chi connectivity index (χ2v) is 7.92. The Labute approximate surface area is 162 Å². The maximum Gasteiger partial charge on any atom is 0.123 e. The largest absolute Gasteiger partial charge is 0.385 e. The predicted octanol–water partition coefficient (Wildman–Crippen LogP) is 5.15. The number of benzene rings is 2. The monoisotopic (exact) mass is 364 g/mol. The third-order valence-corrected chi connectivity index (χ3v) is 5.89. The molecule has 0 radical (unpaired) electrons. The topological polar surface area (TPSA) is 15.3 Å². The third-order valence-electron chi connectivity index (χ3n) is 5.89. The van der Waals surface area contributed by atoms with Crippen LogP contribution in [-0.2, 0) is 12.8 Å². The van der Waals surface area contributed by atoms with Gasteiger partial charge in [-0.2, -0.15) is 0 Å². The van der Waals surface area contributed by atoms with E-state index in [1.54, 1.807) is 12.1 Å². The number of nitrogens with zero attached hydrogens (tertiary/aromatic N) is 1. The van der Waals surface area contributed by atoms with E-state index in [0.717, 1.165) is 38.5 Å². The summed E-state index contributed by atoms with van der Waals surface area (Å²) in [7, 11) is 0. The van der Waals surface area contributed by atoms with Crippen LogP contribution in [0.1, 0.15) is 36.0 Å². The van der Waals surface area contributed by atoms with Crippen LogP contribution in [0.15, 0.2) is 48.5 Å².